The molecule has 1 aliphatic rings. The molecule has 1 fully saturated rings. The summed E-state index contributed by atoms with van der Waals surface area (Å²) in [5.74, 6) is 0.600. The first-order chi connectivity index (χ1) is 18.2. The normalized spacial score (nSPS) is 14.4. The number of piperidine rings is 1. The van der Waals surface area contributed by atoms with Crippen LogP contribution in [-0.4, -0.2) is 49.0 Å². The number of aromatic nitrogens is 5. The third-order valence-electron chi connectivity index (χ3n) is 6.96. The number of aromatic amines is 1. The minimum atomic E-state index is -0.308. The van der Waals surface area contributed by atoms with E-state index in [1.807, 2.05) is 0 Å². The van der Waals surface area contributed by atoms with Crippen LogP contribution in [0.25, 0.3) is 11.2 Å². The fraction of sp³-hybridized carbons (Fsp3) is 0.357. The number of fused-ring (bicyclic) bond motifs is 1. The molecule has 2 N–H and O–H groups in total. The average molecular weight is 511 g/mol. The van der Waals surface area contributed by atoms with Gasteiger partial charge in [-0.15, -0.1) is 5.10 Å². The number of carbonyl (C=O) groups excluding carboxylic acids is 1. The molecule has 1 saturated heterocycles. The molecule has 0 atom stereocenters. The van der Waals surface area contributed by atoms with Gasteiger partial charge >= 0.3 is 6.03 Å². The van der Waals surface area contributed by atoms with E-state index in [0.29, 0.717) is 55.2 Å². The number of rotatable bonds is 4. The molecule has 4 aromatic rings. The highest BCUT2D eigenvalue weighted by Gasteiger charge is 2.26. The zero-order valence-electron chi connectivity index (χ0n) is 21.7. The van der Waals surface area contributed by atoms with Crippen molar-refractivity contribution in [3.05, 3.63) is 81.4 Å². The molecule has 2 aromatic carbocycles. The van der Waals surface area contributed by atoms with Crippen LogP contribution in [0.15, 0.2) is 53.3 Å². The molecular weight excluding hydrogens is 480 g/mol. The number of nitrogens with one attached hydrogen (secondary N) is 2. The number of hydrogen-bond donors (Lipinski definition) is 2. The largest absolute Gasteiger partial charge is 0.324 e. The Morgan fingerprint density at radius 3 is 2.58 bits per heavy atom. The Kier molecular flexibility index (Phi) is 6.68. The first kappa shape index (κ1) is 25.1. The highest BCUT2D eigenvalue weighted by Crippen LogP contribution is 2.27. The maximum atomic E-state index is 12.8. The van der Waals surface area contributed by atoms with Crippen LogP contribution in [0.3, 0.4) is 0 Å². The number of nitrogens with zero attached hydrogens (tertiary/aromatic N) is 6. The summed E-state index contributed by atoms with van der Waals surface area (Å²) in [6.45, 7) is 8.03. The summed E-state index contributed by atoms with van der Waals surface area (Å²) in [6, 6.07) is 17.1. The van der Waals surface area contributed by atoms with Crippen molar-refractivity contribution >= 4 is 22.9 Å². The summed E-state index contributed by atoms with van der Waals surface area (Å²) >= 11 is 0. The van der Waals surface area contributed by atoms with Gasteiger partial charge in [0.1, 0.15) is 5.82 Å². The number of amides is 2. The molecule has 0 saturated carbocycles. The van der Waals surface area contributed by atoms with Gasteiger partial charge in [0.25, 0.3) is 5.56 Å². The van der Waals surface area contributed by atoms with Gasteiger partial charge in [-0.2, -0.15) is 5.26 Å². The van der Waals surface area contributed by atoms with Crippen LogP contribution in [0.4, 0.5) is 10.5 Å². The Hall–Kier alpha value is -4.52. The molecule has 3 heterocycles. The van der Waals surface area contributed by atoms with E-state index < -0.39 is 0 Å². The highest BCUT2D eigenvalue weighted by atomic mass is 16.2. The van der Waals surface area contributed by atoms with Crippen LogP contribution in [0, 0.1) is 11.3 Å². The van der Waals surface area contributed by atoms with Gasteiger partial charge < -0.3 is 15.2 Å². The Labute approximate surface area is 220 Å². The molecule has 1 aliphatic heterocycles. The number of likely N-dealkylation sites (tertiary alicyclic amines) is 1. The predicted octanol–water partition coefficient (Wildman–Crippen LogP) is 4.14. The molecule has 0 aliphatic carbocycles. The molecule has 194 valence electrons. The van der Waals surface area contributed by atoms with Crippen LogP contribution >= 0.6 is 0 Å². The number of urea groups is 1. The van der Waals surface area contributed by atoms with Gasteiger partial charge in [0.2, 0.25) is 0 Å². The Bertz CT molecular complexity index is 1570. The lowest BCUT2D eigenvalue weighted by Crippen LogP contribution is -2.41. The van der Waals surface area contributed by atoms with Crippen molar-refractivity contribution in [3.8, 4) is 6.07 Å². The number of carbonyl (C=O) groups is 1. The first-order valence-electron chi connectivity index (χ1n) is 12.7. The van der Waals surface area contributed by atoms with Crippen molar-refractivity contribution in [2.75, 3.05) is 18.4 Å². The zero-order valence-corrected chi connectivity index (χ0v) is 21.7. The third-order valence-corrected chi connectivity index (χ3v) is 6.96. The van der Waals surface area contributed by atoms with Crippen molar-refractivity contribution < 1.29 is 4.79 Å². The molecule has 38 heavy (non-hydrogen) atoms. The summed E-state index contributed by atoms with van der Waals surface area (Å²) in [6.07, 6.45) is 1.33. The number of anilines is 1. The summed E-state index contributed by atoms with van der Waals surface area (Å²) in [7, 11) is 0. The van der Waals surface area contributed by atoms with Gasteiger partial charge in [-0.25, -0.2) is 14.5 Å². The molecule has 0 bridgehead atoms. The minimum absolute atomic E-state index is 0.00693. The summed E-state index contributed by atoms with van der Waals surface area (Å²) in [5, 5.41) is 20.2. The fourth-order valence-electron chi connectivity index (χ4n) is 4.69. The monoisotopic (exact) mass is 510 g/mol. The van der Waals surface area contributed by atoms with Crippen LogP contribution in [0.5, 0.6) is 0 Å². The van der Waals surface area contributed by atoms with Crippen LogP contribution < -0.4 is 10.9 Å². The molecule has 5 rings (SSSR count). The van der Waals surface area contributed by atoms with Crippen molar-refractivity contribution in [2.45, 2.75) is 51.5 Å². The van der Waals surface area contributed by atoms with Gasteiger partial charge in [0.15, 0.2) is 11.2 Å². The lowest BCUT2D eigenvalue weighted by atomic mass is 9.87. The van der Waals surface area contributed by atoms with E-state index in [0.717, 1.165) is 5.56 Å². The zero-order chi connectivity index (χ0) is 26.9. The topological polar surface area (TPSA) is 133 Å². The second kappa shape index (κ2) is 10.1. The van der Waals surface area contributed by atoms with E-state index >= 15 is 0 Å². The maximum absolute atomic E-state index is 12.8. The lowest BCUT2D eigenvalue weighted by Gasteiger charge is -2.31. The number of H-pyrrole nitrogens is 1. The van der Waals surface area contributed by atoms with Gasteiger partial charge in [-0.1, -0.05) is 56.3 Å². The Balaban J connectivity index is 1.28. The second-order valence-corrected chi connectivity index (χ2v) is 10.7. The molecule has 0 spiro atoms. The van der Waals surface area contributed by atoms with Gasteiger partial charge in [0, 0.05) is 24.7 Å². The minimum Gasteiger partial charge on any atom is -0.324 e. The molecule has 0 unspecified atom stereocenters. The molecule has 10 nitrogen and oxygen atoms in total. The summed E-state index contributed by atoms with van der Waals surface area (Å²) < 4.78 is 1.66. The van der Waals surface area contributed by atoms with E-state index in [1.165, 1.54) is 5.56 Å². The molecule has 0 radical (unpaired) electrons. The number of nitriles is 1. The highest BCUT2D eigenvalue weighted by molar-refractivity contribution is 5.89. The van der Waals surface area contributed by atoms with Crippen LogP contribution in [-0.2, 0) is 12.0 Å². The van der Waals surface area contributed by atoms with E-state index in [9.17, 15) is 9.59 Å². The van der Waals surface area contributed by atoms with Crippen molar-refractivity contribution in [1.29, 1.82) is 5.26 Å². The first-order valence-corrected chi connectivity index (χ1v) is 12.7. The van der Waals surface area contributed by atoms with E-state index in [-0.39, 0.29) is 28.4 Å². The number of hydrogen-bond acceptors (Lipinski definition) is 6. The summed E-state index contributed by atoms with van der Waals surface area (Å²) in [4.78, 5) is 34.9. The van der Waals surface area contributed by atoms with E-state index in [1.54, 1.807) is 33.8 Å². The van der Waals surface area contributed by atoms with Gasteiger partial charge in [0.05, 0.1) is 18.2 Å². The molecule has 2 amide bonds. The van der Waals surface area contributed by atoms with Gasteiger partial charge in [-0.3, -0.25) is 4.79 Å². The second-order valence-electron chi connectivity index (χ2n) is 10.7. The van der Waals surface area contributed by atoms with E-state index in [4.69, 9.17) is 10.2 Å². The van der Waals surface area contributed by atoms with Crippen molar-refractivity contribution in [1.82, 2.24) is 29.9 Å². The van der Waals surface area contributed by atoms with Crippen LogP contribution in [0.2, 0.25) is 0 Å². The van der Waals surface area contributed by atoms with Crippen molar-refractivity contribution in [3.63, 3.8) is 0 Å². The predicted molar refractivity (Wildman–Crippen MR) is 144 cm³/mol. The quantitative estimate of drug-likeness (QED) is 0.424. The van der Waals surface area contributed by atoms with Crippen molar-refractivity contribution in [2.24, 2.45) is 0 Å². The number of benzene rings is 2. The average Bonchev–Trinajstić information content (AvgIpc) is 3.31. The third kappa shape index (κ3) is 5.27. The molecule has 10 heteroatoms. The van der Waals surface area contributed by atoms with Gasteiger partial charge in [-0.05, 0) is 47.6 Å². The fourth-order valence-corrected chi connectivity index (χ4v) is 4.69. The molecule has 2 aromatic heterocycles. The SMILES string of the molecule is CC(C)(C)c1ccc(Cn2nnc3c(=O)[nH]c(C4CCN(C(=O)Nc5cccc(C#N)c5)CC4)nc32)cc1. The summed E-state index contributed by atoms with van der Waals surface area (Å²) in [5.41, 5.74) is 3.81. The van der Waals surface area contributed by atoms with E-state index in [2.05, 4.69) is 71.7 Å². The lowest BCUT2D eigenvalue weighted by molar-refractivity contribution is 0.193. The Morgan fingerprint density at radius 1 is 1.16 bits per heavy atom. The smallest absolute Gasteiger partial charge is 0.321 e. The standard InChI is InChI=1S/C28H30N8O2/c1-28(2,3)21-9-7-18(8-10-21)17-36-25-23(33-34-36)26(37)32-24(31-25)20-11-13-35(14-12-20)27(38)30-22-6-4-5-19(15-22)16-29/h4-10,15,20H,11-14,17H2,1-3H3,(H,30,38)(H,31,32,37). The Morgan fingerprint density at radius 2 is 1.89 bits per heavy atom. The molecular formula is C28H30N8O2. The van der Waals surface area contributed by atoms with Crippen LogP contribution in [0.1, 0.15) is 62.0 Å². The maximum Gasteiger partial charge on any atom is 0.321 e.